The zero-order chi connectivity index (χ0) is 17.6. The molecule has 1 atom stereocenters. The maximum atomic E-state index is 10.7. The van der Waals surface area contributed by atoms with E-state index in [0.29, 0.717) is 10.9 Å². The van der Waals surface area contributed by atoms with Crippen LogP contribution < -0.4 is 0 Å². The summed E-state index contributed by atoms with van der Waals surface area (Å²) in [6.07, 6.45) is 10.7. The smallest absolute Gasteiger partial charge is 0.485 e. The van der Waals surface area contributed by atoms with Crippen LogP contribution in [0.5, 0.6) is 0 Å². The topological polar surface area (TPSA) is 57.2 Å². The average Bonchev–Trinajstić information content (AvgIpc) is 2.74. The van der Waals surface area contributed by atoms with Crippen molar-refractivity contribution in [3.63, 3.8) is 0 Å². The van der Waals surface area contributed by atoms with Crippen molar-refractivity contribution in [2.24, 2.45) is 0 Å². The second-order valence-electron chi connectivity index (χ2n) is 6.62. The molecule has 0 aliphatic heterocycles. The molecule has 1 aliphatic rings. The van der Waals surface area contributed by atoms with Crippen LogP contribution in [0.1, 0.15) is 25.7 Å². The minimum absolute atomic E-state index is 0.681. The SMILES string of the molecule is C[S+](CC=C1CCCC1)[CH2][Sn]([CH3])([CH3])[CH3].O=S(=O)([O-])C(F)(F)F. The average molecular weight is 469 g/mol. The fourth-order valence-corrected chi connectivity index (χ4v) is 17.9. The molecule has 0 aromatic heterocycles. The van der Waals surface area contributed by atoms with Gasteiger partial charge in [-0.2, -0.15) is 13.2 Å². The van der Waals surface area contributed by atoms with Crippen molar-refractivity contribution in [3.8, 4) is 0 Å². The van der Waals surface area contributed by atoms with Gasteiger partial charge in [0.25, 0.3) is 0 Å². The van der Waals surface area contributed by atoms with Crippen LogP contribution in [0.25, 0.3) is 0 Å². The monoisotopic (exact) mass is 470 g/mol. The van der Waals surface area contributed by atoms with E-state index in [0.717, 1.165) is 0 Å². The molecule has 1 fully saturated rings. The van der Waals surface area contributed by atoms with Crippen LogP contribution in [0.3, 0.4) is 0 Å². The van der Waals surface area contributed by atoms with Gasteiger partial charge >= 0.3 is 103 Å². The van der Waals surface area contributed by atoms with Crippen molar-refractivity contribution < 1.29 is 26.1 Å². The molecule has 1 saturated carbocycles. The Labute approximate surface area is 138 Å². The van der Waals surface area contributed by atoms with Gasteiger partial charge in [0.2, 0.25) is 0 Å². The van der Waals surface area contributed by atoms with Crippen LogP contribution in [0.2, 0.25) is 14.8 Å². The molecule has 0 aromatic carbocycles. The Balaban J connectivity index is 0.000000472. The molecule has 0 spiro atoms. The number of halogens is 3. The van der Waals surface area contributed by atoms with Crippen molar-refractivity contribution in [3.05, 3.63) is 11.6 Å². The molecule has 0 N–H and O–H groups in total. The van der Waals surface area contributed by atoms with Gasteiger partial charge in [-0.05, 0) is 0 Å². The number of alkyl halides is 3. The van der Waals surface area contributed by atoms with Gasteiger partial charge in [0.05, 0.1) is 0 Å². The summed E-state index contributed by atoms with van der Waals surface area (Å²) in [5.41, 5.74) is -3.89. The summed E-state index contributed by atoms with van der Waals surface area (Å²) in [5, 5.41) is 0. The van der Waals surface area contributed by atoms with Crippen molar-refractivity contribution in [1.29, 1.82) is 0 Å². The molecule has 22 heavy (non-hydrogen) atoms. The van der Waals surface area contributed by atoms with E-state index in [1.807, 2.05) is 0 Å². The van der Waals surface area contributed by atoms with Crippen molar-refractivity contribution in [2.75, 3.05) is 15.8 Å². The Morgan fingerprint density at radius 1 is 1.23 bits per heavy atom. The van der Waals surface area contributed by atoms with Crippen molar-refractivity contribution in [2.45, 2.75) is 46.0 Å². The number of hydrogen-bond donors (Lipinski definition) is 0. The largest absolute Gasteiger partial charge is 0.741 e. The second-order valence-corrected chi connectivity index (χ2v) is 27.3. The summed E-state index contributed by atoms with van der Waals surface area (Å²) in [4.78, 5) is 7.67. The summed E-state index contributed by atoms with van der Waals surface area (Å²) in [5.74, 6) is 1.38. The van der Waals surface area contributed by atoms with E-state index < -0.39 is 34.0 Å². The summed E-state index contributed by atoms with van der Waals surface area (Å²) in [6.45, 7) is 0. The Bertz CT molecular complexity index is 460. The normalized spacial score (nSPS) is 17.7. The van der Waals surface area contributed by atoms with Crippen LogP contribution in [0.4, 0.5) is 13.2 Å². The van der Waals surface area contributed by atoms with Gasteiger partial charge in [0.1, 0.15) is 0 Å². The standard InChI is InChI=1S/C9H16S.CHF3O3S.3CH3.Sn/c1-10(2)8-7-9-5-3-4-6-9;2-1(3,4)8(5,6)7;;;;/h7H,1,3-6,8H2,2H3;(H,5,6,7);3*1H3;/q+1;;;;;/p-1. The predicted molar refractivity (Wildman–Crippen MR) is 88.7 cm³/mol. The van der Waals surface area contributed by atoms with Crippen LogP contribution in [0, 0.1) is 0 Å². The number of hydrogen-bond acceptors (Lipinski definition) is 3. The van der Waals surface area contributed by atoms with Crippen molar-refractivity contribution in [1.82, 2.24) is 0 Å². The molecule has 132 valence electrons. The molecular weight excluding hydrogens is 444 g/mol. The summed E-state index contributed by atoms with van der Waals surface area (Å²) in [7, 11) is -5.41. The maximum absolute atomic E-state index is 10.7. The van der Waals surface area contributed by atoms with Gasteiger partial charge in [-0.3, -0.25) is 0 Å². The van der Waals surface area contributed by atoms with Gasteiger partial charge < -0.3 is 4.55 Å². The van der Waals surface area contributed by atoms with Crippen molar-refractivity contribution >= 4 is 39.4 Å². The van der Waals surface area contributed by atoms with Crippen LogP contribution in [-0.2, 0) is 21.0 Å². The zero-order valence-corrected chi connectivity index (χ0v) is 18.0. The summed E-state index contributed by atoms with van der Waals surface area (Å²) >= 11 is -1.49. The summed E-state index contributed by atoms with van der Waals surface area (Å²) in [6, 6.07) is 0. The van der Waals surface area contributed by atoms with Gasteiger partial charge in [-0.1, -0.05) is 0 Å². The Morgan fingerprint density at radius 3 is 1.95 bits per heavy atom. The maximum Gasteiger partial charge on any atom is 0.485 e. The van der Waals surface area contributed by atoms with Crippen LogP contribution in [-0.4, -0.2) is 52.6 Å². The zero-order valence-electron chi connectivity index (χ0n) is 13.5. The molecule has 1 unspecified atom stereocenters. The van der Waals surface area contributed by atoms with E-state index in [4.69, 9.17) is 13.0 Å². The van der Waals surface area contributed by atoms with E-state index in [1.54, 1.807) is 9.34 Å². The molecule has 1 aliphatic carbocycles. The molecule has 0 heterocycles. The molecule has 9 heteroatoms. The Hall–Kier alpha value is 0.589. The second kappa shape index (κ2) is 9.17. The van der Waals surface area contributed by atoms with Crippen LogP contribution in [0.15, 0.2) is 11.6 Å². The number of rotatable bonds is 4. The third-order valence-electron chi connectivity index (χ3n) is 2.87. The third-order valence-corrected chi connectivity index (χ3v) is 17.2. The Kier molecular flexibility index (Phi) is 9.42. The fraction of sp³-hybridized carbons (Fsp3) is 0.846. The van der Waals surface area contributed by atoms with E-state index >= 15 is 0 Å². The van der Waals surface area contributed by atoms with E-state index in [-0.39, 0.29) is 0 Å². The minimum atomic E-state index is -6.09. The molecule has 0 saturated heterocycles. The molecular formula is C13H25F3O3S2Sn. The van der Waals surface area contributed by atoms with Crippen LogP contribution >= 0.6 is 0 Å². The van der Waals surface area contributed by atoms with Gasteiger partial charge in [0.15, 0.2) is 10.1 Å². The molecule has 3 nitrogen and oxygen atoms in total. The van der Waals surface area contributed by atoms with Gasteiger partial charge in [0, 0.05) is 0 Å². The summed E-state index contributed by atoms with van der Waals surface area (Å²) < 4.78 is 60.5. The minimum Gasteiger partial charge on any atom is -0.741 e. The predicted octanol–water partition coefficient (Wildman–Crippen LogP) is 3.66. The molecule has 0 amide bonds. The first-order chi connectivity index (χ1) is 9.72. The Morgan fingerprint density at radius 2 is 1.64 bits per heavy atom. The van der Waals surface area contributed by atoms with Gasteiger partial charge in [-0.25, -0.2) is 8.42 Å². The molecule has 1 rings (SSSR count). The first-order valence-electron chi connectivity index (χ1n) is 7.01. The van der Waals surface area contributed by atoms with E-state index in [2.05, 4.69) is 27.2 Å². The third kappa shape index (κ3) is 11.2. The molecule has 0 aromatic rings. The fourth-order valence-electron chi connectivity index (χ4n) is 2.09. The van der Waals surface area contributed by atoms with Gasteiger partial charge in [-0.15, -0.1) is 0 Å². The quantitative estimate of drug-likeness (QED) is 0.208. The van der Waals surface area contributed by atoms with E-state index in [9.17, 15) is 13.2 Å². The number of allylic oxidation sites excluding steroid dienone is 1. The molecule has 0 bridgehead atoms. The molecule has 0 radical (unpaired) electrons. The van der Waals surface area contributed by atoms with E-state index in [1.165, 1.54) is 31.4 Å². The first kappa shape index (κ1) is 22.6. The first-order valence-corrected chi connectivity index (χ1v) is 21.0.